The molecule has 0 fully saturated rings. The molecule has 0 aromatic rings. The highest BCUT2D eigenvalue weighted by molar-refractivity contribution is 5.30. The Labute approximate surface area is 72.0 Å². The molecule has 0 aromatic carbocycles. The molecule has 0 aromatic heterocycles. The van der Waals surface area contributed by atoms with E-state index in [0.29, 0.717) is 0 Å². The SMILES string of the molecule is FC(F)(F)C1=CC=CC2(C1)N=NN2. The third-order valence-corrected chi connectivity index (χ3v) is 1.97. The van der Waals surface area contributed by atoms with Gasteiger partial charge in [0.25, 0.3) is 0 Å². The van der Waals surface area contributed by atoms with Gasteiger partial charge in [0.2, 0.25) is 0 Å². The molecule has 0 radical (unpaired) electrons. The van der Waals surface area contributed by atoms with Crippen LogP contribution in [0.3, 0.4) is 0 Å². The molecular formula is C7H6F3N3. The van der Waals surface area contributed by atoms with Crippen LogP contribution in [0.5, 0.6) is 0 Å². The molecule has 1 aliphatic carbocycles. The van der Waals surface area contributed by atoms with Crippen molar-refractivity contribution < 1.29 is 13.2 Å². The highest BCUT2D eigenvalue weighted by Crippen LogP contribution is 2.37. The van der Waals surface area contributed by atoms with Crippen LogP contribution in [0.2, 0.25) is 0 Å². The number of hydrogen-bond acceptors (Lipinski definition) is 3. The van der Waals surface area contributed by atoms with Crippen molar-refractivity contribution >= 4 is 0 Å². The molecule has 3 nitrogen and oxygen atoms in total. The lowest BCUT2D eigenvalue weighted by atomic mass is 9.94. The topological polar surface area (TPSA) is 36.8 Å². The molecule has 0 bridgehead atoms. The standard InChI is InChI=1S/C7H6F3N3/c8-7(9,10)5-2-1-3-6(4-5)11-13-12-6/h1-3H,4H2,(H,11,12). The lowest BCUT2D eigenvalue weighted by Gasteiger charge is -2.33. The van der Waals surface area contributed by atoms with Gasteiger partial charge in [-0.1, -0.05) is 17.4 Å². The van der Waals surface area contributed by atoms with Crippen LogP contribution in [0.1, 0.15) is 6.42 Å². The first kappa shape index (κ1) is 8.28. The minimum absolute atomic E-state index is 0.184. The molecule has 2 rings (SSSR count). The second-order valence-electron chi connectivity index (χ2n) is 2.96. The molecule has 0 saturated carbocycles. The molecule has 6 heteroatoms. The molecule has 2 aliphatic rings. The largest absolute Gasteiger partial charge is 0.412 e. The van der Waals surface area contributed by atoms with E-state index in [2.05, 4.69) is 15.8 Å². The number of rotatable bonds is 0. The summed E-state index contributed by atoms with van der Waals surface area (Å²) in [6, 6.07) is 0. The number of hydrogen-bond donors (Lipinski definition) is 1. The van der Waals surface area contributed by atoms with Gasteiger partial charge in [0.15, 0.2) is 5.66 Å². The van der Waals surface area contributed by atoms with Gasteiger partial charge in [-0.25, -0.2) is 0 Å². The second-order valence-corrected chi connectivity index (χ2v) is 2.96. The summed E-state index contributed by atoms with van der Waals surface area (Å²) in [5, 5.41) is 6.95. The summed E-state index contributed by atoms with van der Waals surface area (Å²) in [6.45, 7) is 0. The van der Waals surface area contributed by atoms with Crippen LogP contribution in [0.15, 0.2) is 34.1 Å². The summed E-state index contributed by atoms with van der Waals surface area (Å²) < 4.78 is 36.7. The van der Waals surface area contributed by atoms with Crippen LogP contribution >= 0.6 is 0 Å². The Morgan fingerprint density at radius 1 is 1.46 bits per heavy atom. The molecule has 1 heterocycles. The van der Waals surface area contributed by atoms with E-state index in [1.54, 1.807) is 6.08 Å². The summed E-state index contributed by atoms with van der Waals surface area (Å²) in [7, 11) is 0. The first-order chi connectivity index (χ1) is 6.02. The normalized spacial score (nSPS) is 31.2. The molecule has 1 unspecified atom stereocenters. The Morgan fingerprint density at radius 3 is 2.62 bits per heavy atom. The summed E-state index contributed by atoms with van der Waals surface area (Å²) in [4.78, 5) is 0. The molecule has 1 N–H and O–H groups in total. The van der Waals surface area contributed by atoms with E-state index in [9.17, 15) is 13.2 Å². The van der Waals surface area contributed by atoms with Crippen LogP contribution in [-0.4, -0.2) is 11.8 Å². The lowest BCUT2D eigenvalue weighted by molar-refractivity contribution is -0.0965. The number of alkyl halides is 3. The monoisotopic (exact) mass is 189 g/mol. The van der Waals surface area contributed by atoms with Gasteiger partial charge >= 0.3 is 6.18 Å². The Balaban J connectivity index is 2.21. The van der Waals surface area contributed by atoms with Gasteiger partial charge in [0.05, 0.1) is 0 Å². The van der Waals surface area contributed by atoms with E-state index in [-0.39, 0.29) is 6.42 Å². The molecule has 1 aliphatic heterocycles. The van der Waals surface area contributed by atoms with Gasteiger partial charge in [0.1, 0.15) is 0 Å². The van der Waals surface area contributed by atoms with Crippen molar-refractivity contribution in [1.82, 2.24) is 5.43 Å². The second kappa shape index (κ2) is 2.34. The average Bonchev–Trinajstić information content (AvgIpc) is 2.00. The zero-order chi connectivity index (χ0) is 9.53. The molecule has 1 spiro atoms. The summed E-state index contributed by atoms with van der Waals surface area (Å²) in [5.41, 5.74) is 0.980. The van der Waals surface area contributed by atoms with Gasteiger partial charge in [-0.15, -0.1) is 5.11 Å². The first-order valence-electron chi connectivity index (χ1n) is 3.67. The maximum atomic E-state index is 12.2. The smallest absolute Gasteiger partial charge is 0.259 e. The average molecular weight is 189 g/mol. The summed E-state index contributed by atoms with van der Waals surface area (Å²) in [5.74, 6) is 0. The molecule has 0 saturated heterocycles. The summed E-state index contributed by atoms with van der Waals surface area (Å²) >= 11 is 0. The predicted octanol–water partition coefficient (Wildman–Crippen LogP) is 2.10. The quantitative estimate of drug-likeness (QED) is 0.622. The van der Waals surface area contributed by atoms with Crippen LogP contribution in [-0.2, 0) is 0 Å². The minimum atomic E-state index is -4.27. The molecule has 0 amide bonds. The number of halogens is 3. The van der Waals surface area contributed by atoms with Crippen molar-refractivity contribution in [3.05, 3.63) is 23.8 Å². The highest BCUT2D eigenvalue weighted by atomic mass is 19.4. The van der Waals surface area contributed by atoms with E-state index in [0.717, 1.165) is 6.08 Å². The van der Waals surface area contributed by atoms with Crippen molar-refractivity contribution in [1.29, 1.82) is 0 Å². The predicted molar refractivity (Wildman–Crippen MR) is 38.6 cm³/mol. The molecule has 70 valence electrons. The van der Waals surface area contributed by atoms with Gasteiger partial charge in [-0.3, -0.25) is 5.43 Å². The summed E-state index contributed by atoms with van der Waals surface area (Å²) in [6.07, 6.45) is -0.492. The van der Waals surface area contributed by atoms with Gasteiger partial charge in [-0.05, 0) is 6.08 Å². The van der Waals surface area contributed by atoms with E-state index in [4.69, 9.17) is 0 Å². The fraction of sp³-hybridized carbons (Fsp3) is 0.429. The fourth-order valence-electron chi connectivity index (χ4n) is 1.25. The fourth-order valence-corrected chi connectivity index (χ4v) is 1.25. The van der Waals surface area contributed by atoms with E-state index in [1.807, 2.05) is 0 Å². The Kier molecular flexibility index (Phi) is 1.49. The lowest BCUT2D eigenvalue weighted by Crippen LogP contribution is -2.47. The van der Waals surface area contributed by atoms with Crippen molar-refractivity contribution in [3.63, 3.8) is 0 Å². The molecular weight excluding hydrogens is 183 g/mol. The molecule has 13 heavy (non-hydrogen) atoms. The third kappa shape index (κ3) is 1.32. The molecule has 1 atom stereocenters. The van der Waals surface area contributed by atoms with Crippen LogP contribution < -0.4 is 5.43 Å². The van der Waals surface area contributed by atoms with Gasteiger partial charge in [0, 0.05) is 12.0 Å². The zero-order valence-electron chi connectivity index (χ0n) is 6.47. The van der Waals surface area contributed by atoms with Gasteiger partial charge in [-0.2, -0.15) is 13.2 Å². The van der Waals surface area contributed by atoms with Crippen molar-refractivity contribution in [2.45, 2.75) is 18.3 Å². The Bertz CT molecular complexity index is 315. The van der Waals surface area contributed by atoms with Crippen molar-refractivity contribution in [2.24, 2.45) is 10.3 Å². The van der Waals surface area contributed by atoms with Crippen LogP contribution in [0.25, 0.3) is 0 Å². The van der Waals surface area contributed by atoms with Crippen molar-refractivity contribution in [3.8, 4) is 0 Å². The Hall–Kier alpha value is -1.33. The van der Waals surface area contributed by atoms with Crippen LogP contribution in [0.4, 0.5) is 13.2 Å². The van der Waals surface area contributed by atoms with Crippen molar-refractivity contribution in [2.75, 3.05) is 0 Å². The number of allylic oxidation sites excluding steroid dienone is 2. The third-order valence-electron chi connectivity index (χ3n) is 1.97. The number of nitrogens with zero attached hydrogens (tertiary/aromatic N) is 2. The first-order valence-corrected chi connectivity index (χ1v) is 3.67. The van der Waals surface area contributed by atoms with Crippen LogP contribution in [0, 0.1) is 0 Å². The Morgan fingerprint density at radius 2 is 2.15 bits per heavy atom. The van der Waals surface area contributed by atoms with E-state index in [1.165, 1.54) is 6.08 Å². The highest BCUT2D eigenvalue weighted by Gasteiger charge is 2.43. The number of nitrogens with one attached hydrogen (secondary N) is 1. The maximum absolute atomic E-state index is 12.2. The maximum Gasteiger partial charge on any atom is 0.412 e. The van der Waals surface area contributed by atoms with E-state index >= 15 is 0 Å². The zero-order valence-corrected chi connectivity index (χ0v) is 6.47. The minimum Gasteiger partial charge on any atom is -0.259 e. The van der Waals surface area contributed by atoms with E-state index < -0.39 is 17.4 Å². The van der Waals surface area contributed by atoms with Gasteiger partial charge < -0.3 is 0 Å².